The number of aliphatic hydroxyl groups excluding tert-OH is 1. The van der Waals surface area contributed by atoms with Crippen molar-refractivity contribution in [2.45, 2.75) is 44.1 Å². The van der Waals surface area contributed by atoms with E-state index in [9.17, 15) is 9.90 Å². The summed E-state index contributed by atoms with van der Waals surface area (Å²) in [6.07, 6.45) is 6.60. The van der Waals surface area contributed by atoms with Crippen molar-refractivity contribution < 1.29 is 9.90 Å². The second-order valence-corrected chi connectivity index (χ2v) is 8.53. The maximum Gasteiger partial charge on any atom is 0.223 e. The van der Waals surface area contributed by atoms with Gasteiger partial charge in [0, 0.05) is 37.4 Å². The average Bonchev–Trinajstić information content (AvgIpc) is 2.83. The van der Waals surface area contributed by atoms with E-state index >= 15 is 0 Å². The lowest BCUT2D eigenvalue weighted by molar-refractivity contribution is -0.138. The Kier molecular flexibility index (Phi) is 6.47. The first-order chi connectivity index (χ1) is 15.1. The number of aliphatic hydroxyl groups is 1. The lowest BCUT2D eigenvalue weighted by Crippen LogP contribution is -2.47. The third-order valence-electron chi connectivity index (χ3n) is 6.70. The predicted molar refractivity (Wildman–Crippen MR) is 123 cm³/mol. The van der Waals surface area contributed by atoms with Crippen molar-refractivity contribution in [1.82, 2.24) is 9.88 Å². The van der Waals surface area contributed by atoms with Crippen molar-refractivity contribution in [3.05, 3.63) is 90.3 Å². The number of likely N-dealkylation sites (tertiary alicyclic amines) is 1. The molecule has 1 N–H and O–H groups in total. The number of hydrogen-bond acceptors (Lipinski definition) is 3. The molecular formula is C27H30N2O2. The van der Waals surface area contributed by atoms with Gasteiger partial charge in [-0.05, 0) is 54.5 Å². The number of rotatable bonds is 7. The Morgan fingerprint density at radius 2 is 1.81 bits per heavy atom. The molecule has 160 valence electrons. The Hall–Kier alpha value is -2.98. The van der Waals surface area contributed by atoms with Gasteiger partial charge in [0.15, 0.2) is 0 Å². The number of benzene rings is 2. The molecule has 31 heavy (non-hydrogen) atoms. The first kappa shape index (κ1) is 21.3. The van der Waals surface area contributed by atoms with Crippen LogP contribution in [0.5, 0.6) is 0 Å². The second kappa shape index (κ2) is 9.44. The molecule has 4 rings (SSSR count). The van der Waals surface area contributed by atoms with Gasteiger partial charge < -0.3 is 10.0 Å². The van der Waals surface area contributed by atoms with Crippen LogP contribution in [0, 0.1) is 0 Å². The van der Waals surface area contributed by atoms with E-state index in [0.717, 1.165) is 36.1 Å². The van der Waals surface area contributed by atoms with E-state index in [1.807, 2.05) is 35.4 Å². The highest BCUT2D eigenvalue weighted by Crippen LogP contribution is 2.42. The third-order valence-corrected chi connectivity index (χ3v) is 6.70. The average molecular weight is 415 g/mol. The molecule has 2 heterocycles. The quantitative estimate of drug-likeness (QED) is 0.582. The van der Waals surface area contributed by atoms with Gasteiger partial charge in [-0.3, -0.25) is 9.78 Å². The highest BCUT2D eigenvalue weighted by atomic mass is 16.3. The van der Waals surface area contributed by atoms with E-state index in [1.165, 1.54) is 5.56 Å². The molecule has 2 atom stereocenters. The molecule has 2 aromatic carbocycles. The van der Waals surface area contributed by atoms with Crippen LogP contribution >= 0.6 is 0 Å². The molecular weight excluding hydrogens is 384 g/mol. The van der Waals surface area contributed by atoms with Crippen molar-refractivity contribution in [3.8, 4) is 11.1 Å². The second-order valence-electron chi connectivity index (χ2n) is 8.53. The number of hydrogen-bond donors (Lipinski definition) is 1. The van der Waals surface area contributed by atoms with Gasteiger partial charge >= 0.3 is 0 Å². The predicted octanol–water partition coefficient (Wildman–Crippen LogP) is 5.14. The lowest BCUT2D eigenvalue weighted by atomic mass is 9.69. The number of piperidine rings is 1. The van der Waals surface area contributed by atoms with Gasteiger partial charge in [0.25, 0.3) is 0 Å². The number of amides is 1. The topological polar surface area (TPSA) is 53.4 Å². The molecule has 2 unspecified atom stereocenters. The Labute approximate surface area is 184 Å². The minimum absolute atomic E-state index is 0.0297. The van der Waals surface area contributed by atoms with Gasteiger partial charge in [0.2, 0.25) is 5.91 Å². The summed E-state index contributed by atoms with van der Waals surface area (Å²) in [7, 11) is 0. The Bertz CT molecular complexity index is 989. The molecule has 4 nitrogen and oxygen atoms in total. The van der Waals surface area contributed by atoms with Crippen LogP contribution in [0.15, 0.2) is 79.1 Å². The molecule has 0 radical (unpaired) electrons. The van der Waals surface area contributed by atoms with Gasteiger partial charge in [-0.25, -0.2) is 0 Å². The van der Waals surface area contributed by atoms with Crippen LogP contribution in [-0.2, 0) is 10.2 Å². The molecule has 1 amide bonds. The summed E-state index contributed by atoms with van der Waals surface area (Å²) in [4.78, 5) is 19.5. The van der Waals surface area contributed by atoms with Gasteiger partial charge in [-0.15, -0.1) is 0 Å². The summed E-state index contributed by atoms with van der Waals surface area (Å²) in [5.74, 6) is 0.192. The SMILES string of the molecule is CC(c1ccc(-c2cccnc2)cc1)N1CCC(CCCO)(c2ccccc2)CC1=O. The van der Waals surface area contributed by atoms with Crippen molar-refractivity contribution in [3.63, 3.8) is 0 Å². The first-order valence-electron chi connectivity index (χ1n) is 11.1. The van der Waals surface area contributed by atoms with Gasteiger partial charge in [0.1, 0.15) is 0 Å². The summed E-state index contributed by atoms with van der Waals surface area (Å²) < 4.78 is 0. The zero-order valence-corrected chi connectivity index (χ0v) is 18.1. The molecule has 1 aliphatic heterocycles. The molecule has 0 bridgehead atoms. The van der Waals surface area contributed by atoms with Crippen LogP contribution in [0.3, 0.4) is 0 Å². The molecule has 0 aliphatic carbocycles. The minimum Gasteiger partial charge on any atom is -0.396 e. The molecule has 1 saturated heterocycles. The molecule has 0 saturated carbocycles. The maximum absolute atomic E-state index is 13.3. The van der Waals surface area contributed by atoms with E-state index in [1.54, 1.807) is 6.20 Å². The van der Waals surface area contributed by atoms with Crippen LogP contribution in [0.4, 0.5) is 0 Å². The van der Waals surface area contributed by atoms with E-state index in [-0.39, 0.29) is 24.0 Å². The highest BCUT2D eigenvalue weighted by Gasteiger charge is 2.41. The number of carbonyl (C=O) groups is 1. The van der Waals surface area contributed by atoms with E-state index < -0.39 is 0 Å². The molecule has 1 aromatic heterocycles. The van der Waals surface area contributed by atoms with Crippen LogP contribution in [0.2, 0.25) is 0 Å². The zero-order valence-electron chi connectivity index (χ0n) is 18.1. The van der Waals surface area contributed by atoms with E-state index in [0.29, 0.717) is 12.8 Å². The monoisotopic (exact) mass is 414 g/mol. The number of nitrogens with zero attached hydrogens (tertiary/aromatic N) is 2. The molecule has 4 heteroatoms. The maximum atomic E-state index is 13.3. The summed E-state index contributed by atoms with van der Waals surface area (Å²) in [5, 5.41) is 9.42. The van der Waals surface area contributed by atoms with Crippen LogP contribution < -0.4 is 0 Å². The number of aromatic nitrogens is 1. The number of pyridine rings is 1. The fourth-order valence-electron chi connectivity index (χ4n) is 4.83. The lowest BCUT2D eigenvalue weighted by Gasteiger charge is -2.44. The fourth-order valence-corrected chi connectivity index (χ4v) is 4.83. The molecule has 3 aromatic rings. The van der Waals surface area contributed by atoms with Gasteiger partial charge in [-0.1, -0.05) is 60.7 Å². The van der Waals surface area contributed by atoms with Crippen molar-refractivity contribution in [2.75, 3.05) is 13.2 Å². The Morgan fingerprint density at radius 1 is 1.03 bits per heavy atom. The largest absolute Gasteiger partial charge is 0.396 e. The van der Waals surface area contributed by atoms with Crippen LogP contribution in [0.1, 0.15) is 49.8 Å². The Morgan fingerprint density at radius 3 is 2.45 bits per heavy atom. The van der Waals surface area contributed by atoms with Gasteiger partial charge in [0.05, 0.1) is 6.04 Å². The number of carbonyl (C=O) groups excluding carboxylic acids is 1. The summed E-state index contributed by atoms with van der Waals surface area (Å²) >= 11 is 0. The molecule has 0 spiro atoms. The normalized spacial score (nSPS) is 19.9. The fraction of sp³-hybridized carbons (Fsp3) is 0.333. The van der Waals surface area contributed by atoms with Crippen LogP contribution in [-0.4, -0.2) is 34.0 Å². The minimum atomic E-state index is -0.179. The standard InChI is InChI=1S/C27H30N2O2/c1-21(22-10-12-23(13-11-22)24-7-5-16-28-20-24)29-17-15-27(14-6-18-30,19-26(29)31)25-8-3-2-4-9-25/h2-5,7-13,16,20-21,30H,6,14-15,17-19H2,1H3. The summed E-state index contributed by atoms with van der Waals surface area (Å²) in [6, 6.07) is 22.8. The van der Waals surface area contributed by atoms with E-state index in [4.69, 9.17) is 0 Å². The smallest absolute Gasteiger partial charge is 0.223 e. The first-order valence-corrected chi connectivity index (χ1v) is 11.1. The summed E-state index contributed by atoms with van der Waals surface area (Å²) in [5.41, 5.74) is 4.39. The molecule has 1 fully saturated rings. The zero-order chi connectivity index (χ0) is 21.7. The Balaban J connectivity index is 1.51. The third kappa shape index (κ3) is 4.54. The van der Waals surface area contributed by atoms with Crippen molar-refractivity contribution >= 4 is 5.91 Å². The van der Waals surface area contributed by atoms with Gasteiger partial charge in [-0.2, -0.15) is 0 Å². The molecule has 1 aliphatic rings. The van der Waals surface area contributed by atoms with E-state index in [2.05, 4.69) is 54.4 Å². The van der Waals surface area contributed by atoms with Crippen molar-refractivity contribution in [2.24, 2.45) is 0 Å². The highest BCUT2D eigenvalue weighted by molar-refractivity contribution is 5.79. The van der Waals surface area contributed by atoms with Crippen molar-refractivity contribution in [1.29, 1.82) is 0 Å². The summed E-state index contributed by atoms with van der Waals surface area (Å²) in [6.45, 7) is 3.00. The van der Waals surface area contributed by atoms with Crippen LogP contribution in [0.25, 0.3) is 11.1 Å².